The van der Waals surface area contributed by atoms with Crippen LogP contribution in [0.15, 0.2) is 42.6 Å². The summed E-state index contributed by atoms with van der Waals surface area (Å²) in [6, 6.07) is 11.5. The van der Waals surface area contributed by atoms with Crippen molar-refractivity contribution in [1.82, 2.24) is 9.78 Å². The van der Waals surface area contributed by atoms with Gasteiger partial charge in [-0.05, 0) is 22.9 Å². The molecule has 0 amide bonds. The van der Waals surface area contributed by atoms with Gasteiger partial charge < -0.3 is 0 Å². The number of halogens is 1. The summed E-state index contributed by atoms with van der Waals surface area (Å²) in [5.41, 5.74) is 2.14. The van der Waals surface area contributed by atoms with Crippen molar-refractivity contribution in [2.24, 2.45) is 7.05 Å². The van der Waals surface area contributed by atoms with Crippen molar-refractivity contribution in [1.29, 1.82) is 0 Å². The molecule has 0 fully saturated rings. The maximum atomic E-state index is 7.37. The summed E-state index contributed by atoms with van der Waals surface area (Å²) in [6.45, 7) is 7.37. The summed E-state index contributed by atoms with van der Waals surface area (Å²) in [5, 5.41) is 6.68. The molecule has 0 saturated heterocycles. The van der Waals surface area contributed by atoms with Crippen molar-refractivity contribution in [3.8, 4) is 11.3 Å². The van der Waals surface area contributed by atoms with Gasteiger partial charge in [0, 0.05) is 23.8 Å². The first-order chi connectivity index (χ1) is 9.22. The van der Waals surface area contributed by atoms with Crippen LogP contribution in [0, 0.1) is 6.57 Å². The van der Waals surface area contributed by atoms with Crippen LogP contribution in [0.2, 0.25) is 5.02 Å². The number of fused-ring (bicyclic) bond motifs is 1. The van der Waals surface area contributed by atoms with Gasteiger partial charge in [-0.1, -0.05) is 35.9 Å². The topological polar surface area (TPSA) is 22.2 Å². The molecular formula is C15H10ClN3. The highest BCUT2D eigenvalue weighted by Crippen LogP contribution is 2.41. The Balaban J connectivity index is 2.45. The zero-order valence-electron chi connectivity index (χ0n) is 10.3. The summed E-state index contributed by atoms with van der Waals surface area (Å²) in [7, 11) is 1.84. The summed E-state index contributed by atoms with van der Waals surface area (Å²) in [6.07, 6.45) is 1.70. The Morgan fingerprint density at radius 2 is 2.05 bits per heavy atom. The van der Waals surface area contributed by atoms with Crippen molar-refractivity contribution in [3.63, 3.8) is 0 Å². The van der Waals surface area contributed by atoms with E-state index in [1.165, 1.54) is 0 Å². The molecule has 0 radical (unpaired) electrons. The lowest BCUT2D eigenvalue weighted by Crippen LogP contribution is -1.94. The van der Waals surface area contributed by atoms with E-state index in [1.54, 1.807) is 10.9 Å². The molecule has 2 aromatic carbocycles. The Kier molecular flexibility index (Phi) is 2.73. The van der Waals surface area contributed by atoms with Crippen LogP contribution in [0.1, 0.15) is 0 Å². The van der Waals surface area contributed by atoms with Crippen LogP contribution >= 0.6 is 11.6 Å². The fraction of sp³-hybridized carbons (Fsp3) is 0.0667. The summed E-state index contributed by atoms with van der Waals surface area (Å²) >= 11 is 6.50. The van der Waals surface area contributed by atoms with E-state index in [1.807, 2.05) is 43.4 Å². The lowest BCUT2D eigenvalue weighted by molar-refractivity contribution is 0.776. The van der Waals surface area contributed by atoms with Crippen LogP contribution in [0.4, 0.5) is 5.69 Å². The number of hydrogen-bond acceptors (Lipinski definition) is 1. The molecule has 4 heteroatoms. The van der Waals surface area contributed by atoms with Gasteiger partial charge in [0.05, 0.1) is 12.3 Å². The maximum absolute atomic E-state index is 7.37. The number of aryl methyl sites for hydroxylation is 1. The Hall–Kier alpha value is -2.31. The van der Waals surface area contributed by atoms with Crippen molar-refractivity contribution in [2.75, 3.05) is 0 Å². The molecule has 0 aliphatic rings. The second kappa shape index (κ2) is 4.42. The fourth-order valence-corrected chi connectivity index (χ4v) is 2.61. The first-order valence-corrected chi connectivity index (χ1v) is 6.17. The number of aromatic nitrogens is 2. The van der Waals surface area contributed by atoms with E-state index in [0.29, 0.717) is 10.7 Å². The Labute approximate surface area is 115 Å². The second-order valence-electron chi connectivity index (χ2n) is 4.26. The lowest BCUT2D eigenvalue weighted by Gasteiger charge is -2.10. The predicted octanol–water partition coefficient (Wildman–Crippen LogP) is 4.44. The minimum atomic E-state index is 0.548. The molecule has 92 valence electrons. The minimum absolute atomic E-state index is 0.548. The lowest BCUT2D eigenvalue weighted by atomic mass is 10.0. The molecule has 3 rings (SSSR count). The molecule has 0 aliphatic carbocycles. The van der Waals surface area contributed by atoms with Gasteiger partial charge in [-0.2, -0.15) is 5.10 Å². The Morgan fingerprint density at radius 1 is 1.26 bits per heavy atom. The molecule has 0 saturated carbocycles. The predicted molar refractivity (Wildman–Crippen MR) is 77.4 cm³/mol. The fourth-order valence-electron chi connectivity index (χ4n) is 2.24. The van der Waals surface area contributed by atoms with Crippen molar-refractivity contribution >= 4 is 28.1 Å². The first kappa shape index (κ1) is 11.8. The van der Waals surface area contributed by atoms with E-state index in [9.17, 15) is 0 Å². The van der Waals surface area contributed by atoms with Crippen LogP contribution in [0.25, 0.3) is 26.9 Å². The molecule has 0 unspecified atom stereocenters. The zero-order valence-corrected chi connectivity index (χ0v) is 11.0. The van der Waals surface area contributed by atoms with Gasteiger partial charge in [-0.15, -0.1) is 0 Å². The quantitative estimate of drug-likeness (QED) is 0.597. The molecule has 1 heterocycles. The van der Waals surface area contributed by atoms with Crippen LogP contribution < -0.4 is 0 Å². The molecule has 0 atom stereocenters. The molecule has 19 heavy (non-hydrogen) atoms. The number of hydrogen-bond donors (Lipinski definition) is 0. The highest BCUT2D eigenvalue weighted by atomic mass is 35.5. The Morgan fingerprint density at radius 3 is 2.74 bits per heavy atom. The van der Waals surface area contributed by atoms with Crippen LogP contribution in [0.5, 0.6) is 0 Å². The number of rotatable bonds is 1. The third kappa shape index (κ3) is 1.78. The minimum Gasteiger partial charge on any atom is -0.269 e. The van der Waals surface area contributed by atoms with Crippen molar-refractivity contribution < 1.29 is 0 Å². The average molecular weight is 268 g/mol. The van der Waals surface area contributed by atoms with E-state index >= 15 is 0 Å². The standard InChI is InChI=1S/C15H10ClN3/c1-17-12-9-10-5-3-4-6-11(10)15(16)14(12)13-7-8-18-19(13)2/h3-9H,2H3. The number of benzene rings is 2. The zero-order chi connectivity index (χ0) is 13.4. The molecule has 3 nitrogen and oxygen atoms in total. The van der Waals surface area contributed by atoms with Crippen LogP contribution in [0.3, 0.4) is 0 Å². The highest BCUT2D eigenvalue weighted by Gasteiger charge is 2.16. The second-order valence-corrected chi connectivity index (χ2v) is 4.64. The maximum Gasteiger partial charge on any atom is 0.198 e. The third-order valence-electron chi connectivity index (χ3n) is 3.16. The van der Waals surface area contributed by atoms with E-state index in [0.717, 1.165) is 22.0 Å². The molecule has 0 bridgehead atoms. The van der Waals surface area contributed by atoms with E-state index in [2.05, 4.69) is 9.94 Å². The molecule has 3 aromatic rings. The smallest absolute Gasteiger partial charge is 0.198 e. The van der Waals surface area contributed by atoms with Crippen LogP contribution in [-0.2, 0) is 7.05 Å². The third-order valence-corrected chi connectivity index (χ3v) is 3.56. The first-order valence-electron chi connectivity index (χ1n) is 5.79. The number of nitrogens with zero attached hydrogens (tertiary/aromatic N) is 3. The van der Waals surface area contributed by atoms with E-state index < -0.39 is 0 Å². The summed E-state index contributed by atoms with van der Waals surface area (Å²) in [4.78, 5) is 3.60. The molecular weight excluding hydrogens is 258 g/mol. The monoisotopic (exact) mass is 267 g/mol. The Bertz CT molecular complexity index is 812. The highest BCUT2D eigenvalue weighted by molar-refractivity contribution is 6.39. The molecule has 0 aliphatic heterocycles. The SMILES string of the molecule is [C-]#[N+]c1cc2ccccc2c(Cl)c1-c1ccnn1C. The normalized spacial score (nSPS) is 10.6. The molecule has 0 spiro atoms. The summed E-state index contributed by atoms with van der Waals surface area (Å²) in [5.74, 6) is 0. The summed E-state index contributed by atoms with van der Waals surface area (Å²) < 4.78 is 1.73. The largest absolute Gasteiger partial charge is 0.269 e. The molecule has 1 aromatic heterocycles. The van der Waals surface area contributed by atoms with Gasteiger partial charge >= 0.3 is 0 Å². The van der Waals surface area contributed by atoms with Gasteiger partial charge in [-0.25, -0.2) is 4.85 Å². The van der Waals surface area contributed by atoms with Crippen molar-refractivity contribution in [2.45, 2.75) is 0 Å². The van der Waals surface area contributed by atoms with Crippen LogP contribution in [-0.4, -0.2) is 9.78 Å². The van der Waals surface area contributed by atoms with Gasteiger partial charge in [0.2, 0.25) is 0 Å². The van der Waals surface area contributed by atoms with E-state index in [4.69, 9.17) is 18.2 Å². The van der Waals surface area contributed by atoms with E-state index in [-0.39, 0.29) is 0 Å². The van der Waals surface area contributed by atoms with Gasteiger partial charge in [0.15, 0.2) is 5.69 Å². The van der Waals surface area contributed by atoms with Gasteiger partial charge in [-0.3, -0.25) is 4.68 Å². The average Bonchev–Trinajstić information content (AvgIpc) is 2.84. The molecule has 0 N–H and O–H groups in total. The van der Waals surface area contributed by atoms with Gasteiger partial charge in [0.25, 0.3) is 0 Å². The van der Waals surface area contributed by atoms with Crippen molar-refractivity contribution in [3.05, 3.63) is 59.0 Å². The van der Waals surface area contributed by atoms with Gasteiger partial charge in [0.1, 0.15) is 0 Å².